The van der Waals surface area contributed by atoms with Crippen LogP contribution in [0.2, 0.25) is 0 Å². The molecule has 0 amide bonds. The van der Waals surface area contributed by atoms with Gasteiger partial charge in [-0.25, -0.2) is 0 Å². The Labute approximate surface area is 93.1 Å². The number of nitrogens with one attached hydrogen (secondary N) is 1. The second-order valence-corrected chi connectivity index (χ2v) is 3.89. The zero-order valence-corrected chi connectivity index (χ0v) is 8.69. The zero-order chi connectivity index (χ0) is 11.0. The smallest absolute Gasteiger partial charge is 0.196 e. The van der Waals surface area contributed by atoms with Gasteiger partial charge in [-0.05, 0) is 36.2 Å². The summed E-state index contributed by atoms with van der Waals surface area (Å²) < 4.78 is 4.92. The minimum atomic E-state index is 0.0171. The Morgan fingerprint density at radius 1 is 1.25 bits per heavy atom. The number of anilines is 1. The number of carbonyl (C=O) groups is 1. The SMILES string of the molecule is O=C(c1ccoc1)c1ccc2c(c1)CCN2. The molecule has 2 heterocycles. The van der Waals surface area contributed by atoms with Crippen LogP contribution in [0.5, 0.6) is 0 Å². The van der Waals surface area contributed by atoms with Crippen LogP contribution in [0.4, 0.5) is 5.69 Å². The highest BCUT2D eigenvalue weighted by atomic mass is 16.3. The maximum atomic E-state index is 12.0. The predicted molar refractivity (Wildman–Crippen MR) is 60.8 cm³/mol. The number of furan rings is 1. The van der Waals surface area contributed by atoms with Crippen LogP contribution in [0.3, 0.4) is 0 Å². The molecular weight excluding hydrogens is 202 g/mol. The molecule has 1 aliphatic heterocycles. The molecule has 0 bridgehead atoms. The average molecular weight is 213 g/mol. The third kappa shape index (κ3) is 1.41. The summed E-state index contributed by atoms with van der Waals surface area (Å²) in [4.78, 5) is 12.0. The molecule has 80 valence electrons. The van der Waals surface area contributed by atoms with Crippen molar-refractivity contribution in [1.82, 2.24) is 0 Å². The van der Waals surface area contributed by atoms with Gasteiger partial charge in [0.1, 0.15) is 6.26 Å². The van der Waals surface area contributed by atoms with Crippen molar-refractivity contribution in [3.8, 4) is 0 Å². The summed E-state index contributed by atoms with van der Waals surface area (Å²) in [6.45, 7) is 0.957. The fourth-order valence-corrected chi connectivity index (χ4v) is 2.01. The van der Waals surface area contributed by atoms with Crippen molar-refractivity contribution >= 4 is 11.5 Å². The molecule has 1 aliphatic rings. The van der Waals surface area contributed by atoms with E-state index in [-0.39, 0.29) is 5.78 Å². The topological polar surface area (TPSA) is 42.2 Å². The van der Waals surface area contributed by atoms with E-state index in [9.17, 15) is 4.79 Å². The van der Waals surface area contributed by atoms with Gasteiger partial charge in [0.05, 0.1) is 11.8 Å². The van der Waals surface area contributed by atoms with Crippen molar-refractivity contribution in [2.45, 2.75) is 6.42 Å². The number of fused-ring (bicyclic) bond motifs is 1. The van der Waals surface area contributed by atoms with E-state index in [1.54, 1.807) is 6.07 Å². The fourth-order valence-electron chi connectivity index (χ4n) is 2.01. The number of ketones is 1. The molecule has 0 radical (unpaired) electrons. The maximum Gasteiger partial charge on any atom is 0.196 e. The van der Waals surface area contributed by atoms with Crippen LogP contribution in [0.1, 0.15) is 21.5 Å². The summed E-state index contributed by atoms with van der Waals surface area (Å²) in [5.41, 5.74) is 3.69. The first-order chi connectivity index (χ1) is 7.84. The van der Waals surface area contributed by atoms with E-state index >= 15 is 0 Å². The monoisotopic (exact) mass is 213 g/mol. The molecule has 0 fully saturated rings. The molecular formula is C13H11NO2. The molecule has 0 saturated carbocycles. The lowest BCUT2D eigenvalue weighted by Crippen LogP contribution is -2.00. The standard InChI is InChI=1S/C13H11NO2/c15-13(11-4-6-16-8-11)10-1-2-12-9(7-10)3-5-14-12/h1-2,4,6-8,14H,3,5H2. The number of benzene rings is 1. The van der Waals surface area contributed by atoms with Gasteiger partial charge in [-0.3, -0.25) is 4.79 Å². The first-order valence-corrected chi connectivity index (χ1v) is 5.28. The van der Waals surface area contributed by atoms with Crippen LogP contribution in [0.25, 0.3) is 0 Å². The third-order valence-corrected chi connectivity index (χ3v) is 2.86. The van der Waals surface area contributed by atoms with Crippen LogP contribution in [0.15, 0.2) is 41.2 Å². The molecule has 0 aliphatic carbocycles. The first kappa shape index (κ1) is 9.21. The van der Waals surface area contributed by atoms with Crippen LogP contribution >= 0.6 is 0 Å². The number of rotatable bonds is 2. The molecule has 3 heteroatoms. The summed E-state index contributed by atoms with van der Waals surface area (Å²) in [5.74, 6) is 0.0171. The van der Waals surface area contributed by atoms with Crippen molar-refractivity contribution < 1.29 is 9.21 Å². The largest absolute Gasteiger partial charge is 0.472 e. The third-order valence-electron chi connectivity index (χ3n) is 2.86. The van der Waals surface area contributed by atoms with Crippen molar-refractivity contribution in [1.29, 1.82) is 0 Å². The number of carbonyl (C=O) groups excluding carboxylic acids is 1. The Hall–Kier alpha value is -2.03. The van der Waals surface area contributed by atoms with E-state index in [0.29, 0.717) is 5.56 Å². The zero-order valence-electron chi connectivity index (χ0n) is 8.69. The van der Waals surface area contributed by atoms with Gasteiger partial charge in [0.25, 0.3) is 0 Å². The van der Waals surface area contributed by atoms with Crippen molar-refractivity contribution in [2.24, 2.45) is 0 Å². The van der Waals surface area contributed by atoms with Gasteiger partial charge >= 0.3 is 0 Å². The van der Waals surface area contributed by atoms with Crippen molar-refractivity contribution in [3.05, 3.63) is 53.5 Å². The van der Waals surface area contributed by atoms with Crippen molar-refractivity contribution in [2.75, 3.05) is 11.9 Å². The van der Waals surface area contributed by atoms with E-state index in [4.69, 9.17) is 4.42 Å². The van der Waals surface area contributed by atoms with Gasteiger partial charge in [0.2, 0.25) is 0 Å². The van der Waals surface area contributed by atoms with Crippen LogP contribution in [-0.4, -0.2) is 12.3 Å². The molecule has 0 atom stereocenters. The Kier molecular flexibility index (Phi) is 2.03. The molecule has 0 unspecified atom stereocenters. The van der Waals surface area contributed by atoms with Crippen LogP contribution in [0, 0.1) is 0 Å². The fraction of sp³-hybridized carbons (Fsp3) is 0.154. The van der Waals surface area contributed by atoms with E-state index < -0.39 is 0 Å². The van der Waals surface area contributed by atoms with Crippen LogP contribution in [-0.2, 0) is 6.42 Å². The summed E-state index contributed by atoms with van der Waals surface area (Å²) >= 11 is 0. The summed E-state index contributed by atoms with van der Waals surface area (Å²) in [6, 6.07) is 7.47. The van der Waals surface area contributed by atoms with Gasteiger partial charge in [-0.1, -0.05) is 0 Å². The molecule has 3 rings (SSSR count). The highest BCUT2D eigenvalue weighted by Crippen LogP contribution is 2.24. The average Bonchev–Trinajstić information content (AvgIpc) is 2.98. The van der Waals surface area contributed by atoms with Gasteiger partial charge in [-0.2, -0.15) is 0 Å². The minimum absolute atomic E-state index is 0.0171. The summed E-state index contributed by atoms with van der Waals surface area (Å²) in [6.07, 6.45) is 3.98. The molecule has 3 nitrogen and oxygen atoms in total. The second kappa shape index (κ2) is 3.52. The lowest BCUT2D eigenvalue weighted by molar-refractivity contribution is 0.103. The quantitative estimate of drug-likeness (QED) is 0.779. The summed E-state index contributed by atoms with van der Waals surface area (Å²) in [7, 11) is 0. The summed E-state index contributed by atoms with van der Waals surface area (Å²) in [5, 5.41) is 3.27. The predicted octanol–water partition coefficient (Wildman–Crippen LogP) is 2.48. The van der Waals surface area contributed by atoms with Gasteiger partial charge < -0.3 is 9.73 Å². The molecule has 0 saturated heterocycles. The Bertz CT molecular complexity index is 529. The Balaban J connectivity index is 1.99. The van der Waals surface area contributed by atoms with Crippen molar-refractivity contribution in [3.63, 3.8) is 0 Å². The maximum absolute atomic E-state index is 12.0. The number of hydrogen-bond donors (Lipinski definition) is 1. The normalized spacial score (nSPS) is 13.2. The highest BCUT2D eigenvalue weighted by Gasteiger charge is 2.15. The lowest BCUT2D eigenvalue weighted by atomic mass is 10.0. The van der Waals surface area contributed by atoms with Gasteiger partial charge in [0, 0.05) is 17.8 Å². The van der Waals surface area contributed by atoms with E-state index in [1.807, 2.05) is 18.2 Å². The van der Waals surface area contributed by atoms with E-state index in [0.717, 1.165) is 24.2 Å². The Morgan fingerprint density at radius 2 is 2.19 bits per heavy atom. The molecule has 1 N–H and O–H groups in total. The van der Waals surface area contributed by atoms with E-state index in [1.165, 1.54) is 18.1 Å². The highest BCUT2D eigenvalue weighted by molar-refractivity contribution is 6.09. The second-order valence-electron chi connectivity index (χ2n) is 3.89. The van der Waals surface area contributed by atoms with Gasteiger partial charge in [0.15, 0.2) is 5.78 Å². The Morgan fingerprint density at radius 3 is 3.00 bits per heavy atom. The lowest BCUT2D eigenvalue weighted by Gasteiger charge is -2.02. The molecule has 16 heavy (non-hydrogen) atoms. The van der Waals surface area contributed by atoms with Crippen LogP contribution < -0.4 is 5.32 Å². The first-order valence-electron chi connectivity index (χ1n) is 5.28. The molecule has 1 aromatic carbocycles. The molecule has 0 spiro atoms. The number of hydrogen-bond acceptors (Lipinski definition) is 3. The molecule has 2 aromatic rings. The minimum Gasteiger partial charge on any atom is -0.472 e. The van der Waals surface area contributed by atoms with E-state index in [2.05, 4.69) is 5.32 Å². The molecule has 1 aromatic heterocycles. The van der Waals surface area contributed by atoms with Gasteiger partial charge in [-0.15, -0.1) is 0 Å².